The van der Waals surface area contributed by atoms with Gasteiger partial charge in [-0.1, -0.05) is 48.2 Å². The lowest BCUT2D eigenvalue weighted by Gasteiger charge is -2.37. The molecule has 0 saturated heterocycles. The molecule has 1 unspecified atom stereocenters. The average Bonchev–Trinajstić information content (AvgIpc) is 2.54. The third kappa shape index (κ3) is 1.91. The van der Waals surface area contributed by atoms with Gasteiger partial charge in [0.1, 0.15) is 0 Å². The first-order valence-electron chi connectivity index (χ1n) is 6.87. The molecule has 0 fully saturated rings. The predicted octanol–water partition coefficient (Wildman–Crippen LogP) is 4.50. The van der Waals surface area contributed by atoms with Crippen LogP contribution in [0, 0.1) is 0 Å². The summed E-state index contributed by atoms with van der Waals surface area (Å²) in [5, 5.41) is 11.3. The number of halogens is 3. The molecule has 4 rings (SSSR count). The fourth-order valence-electron chi connectivity index (χ4n) is 2.90. The zero-order valence-electron chi connectivity index (χ0n) is 11.6. The minimum atomic E-state index is -4.84. The molecule has 2 aromatic carbocycles. The van der Waals surface area contributed by atoms with Gasteiger partial charge in [0.05, 0.1) is 5.52 Å². The molecule has 3 aromatic rings. The Kier molecular flexibility index (Phi) is 2.98. The second kappa shape index (κ2) is 4.72. The first-order valence-corrected chi connectivity index (χ1v) is 7.69. The molecule has 1 N–H and O–H groups in total. The van der Waals surface area contributed by atoms with Crippen LogP contribution in [0.4, 0.5) is 13.2 Å². The third-order valence-electron chi connectivity index (χ3n) is 4.01. The minimum absolute atomic E-state index is 0.151. The highest BCUT2D eigenvalue weighted by molar-refractivity contribution is 7.99. The summed E-state index contributed by atoms with van der Waals surface area (Å²) in [5.74, 6) is 0. The van der Waals surface area contributed by atoms with Crippen LogP contribution in [0.5, 0.6) is 0 Å². The van der Waals surface area contributed by atoms with Gasteiger partial charge < -0.3 is 5.11 Å². The van der Waals surface area contributed by atoms with Gasteiger partial charge in [-0.15, -0.1) is 0 Å². The quantitative estimate of drug-likeness (QED) is 0.658. The summed E-state index contributed by atoms with van der Waals surface area (Å²) >= 11 is 1.23. The van der Waals surface area contributed by atoms with Gasteiger partial charge >= 0.3 is 6.18 Å². The molecule has 2 nitrogen and oxygen atoms in total. The van der Waals surface area contributed by atoms with E-state index >= 15 is 0 Å². The number of alkyl halides is 3. The maximum absolute atomic E-state index is 13.8. The molecule has 116 valence electrons. The van der Waals surface area contributed by atoms with Crippen molar-refractivity contribution < 1.29 is 18.3 Å². The van der Waals surface area contributed by atoms with E-state index in [4.69, 9.17) is 0 Å². The molecule has 0 radical (unpaired) electrons. The van der Waals surface area contributed by atoms with Crippen molar-refractivity contribution in [3.63, 3.8) is 0 Å². The Morgan fingerprint density at radius 3 is 2.43 bits per heavy atom. The summed E-state index contributed by atoms with van der Waals surface area (Å²) in [6.07, 6.45) is -3.71. The van der Waals surface area contributed by atoms with Gasteiger partial charge in [0.25, 0.3) is 0 Å². The number of nitrogens with zero attached hydrogens (tertiary/aromatic N) is 1. The highest BCUT2D eigenvalue weighted by Crippen LogP contribution is 2.55. The number of aromatic nitrogens is 1. The molecule has 0 aliphatic carbocycles. The van der Waals surface area contributed by atoms with E-state index in [2.05, 4.69) is 4.98 Å². The Hall–Kier alpha value is -2.05. The van der Waals surface area contributed by atoms with E-state index in [0.29, 0.717) is 20.7 Å². The third-order valence-corrected chi connectivity index (χ3v) is 5.23. The summed E-state index contributed by atoms with van der Waals surface area (Å²) < 4.78 is 41.4. The smallest absolute Gasteiger partial charge is 0.372 e. The van der Waals surface area contributed by atoms with E-state index in [-0.39, 0.29) is 11.1 Å². The Labute approximate surface area is 134 Å². The van der Waals surface area contributed by atoms with Crippen molar-refractivity contribution in [1.29, 1.82) is 0 Å². The zero-order chi connectivity index (χ0) is 16.2. The van der Waals surface area contributed by atoms with Crippen molar-refractivity contribution in [2.45, 2.75) is 21.6 Å². The van der Waals surface area contributed by atoms with E-state index in [1.165, 1.54) is 23.9 Å². The summed E-state index contributed by atoms with van der Waals surface area (Å²) in [5.41, 5.74) is -2.82. The Bertz CT molecular complexity index is 925. The van der Waals surface area contributed by atoms with Crippen molar-refractivity contribution in [2.75, 3.05) is 0 Å². The molecule has 2 heterocycles. The van der Waals surface area contributed by atoms with Gasteiger partial charge in [0.2, 0.25) is 5.60 Å². The zero-order valence-corrected chi connectivity index (χ0v) is 12.4. The van der Waals surface area contributed by atoms with Crippen LogP contribution < -0.4 is 0 Å². The number of aliphatic hydroxyl groups is 1. The van der Waals surface area contributed by atoms with Crippen LogP contribution in [-0.2, 0) is 5.60 Å². The number of pyridine rings is 1. The molecule has 0 amide bonds. The Morgan fingerprint density at radius 2 is 1.65 bits per heavy atom. The molecule has 23 heavy (non-hydrogen) atoms. The highest BCUT2D eigenvalue weighted by Gasteiger charge is 2.59. The maximum Gasteiger partial charge on any atom is 0.425 e. The van der Waals surface area contributed by atoms with Crippen LogP contribution in [0.3, 0.4) is 0 Å². The predicted molar refractivity (Wildman–Crippen MR) is 81.4 cm³/mol. The van der Waals surface area contributed by atoms with Gasteiger partial charge in [-0.05, 0) is 12.1 Å². The van der Waals surface area contributed by atoms with Gasteiger partial charge in [-0.3, -0.25) is 4.98 Å². The van der Waals surface area contributed by atoms with Crippen LogP contribution in [0.25, 0.3) is 10.9 Å². The lowest BCUT2D eigenvalue weighted by molar-refractivity contribution is -0.250. The second-order valence-corrected chi connectivity index (χ2v) is 6.38. The van der Waals surface area contributed by atoms with Crippen LogP contribution in [0.2, 0.25) is 0 Å². The molecule has 6 heteroatoms. The van der Waals surface area contributed by atoms with Crippen molar-refractivity contribution in [1.82, 2.24) is 4.98 Å². The molecule has 0 spiro atoms. The highest BCUT2D eigenvalue weighted by atomic mass is 32.2. The van der Waals surface area contributed by atoms with Crippen molar-refractivity contribution >= 4 is 22.7 Å². The fourth-order valence-corrected chi connectivity index (χ4v) is 4.18. The number of para-hydroxylation sites is 1. The molecule has 1 aliphatic heterocycles. The van der Waals surface area contributed by atoms with Gasteiger partial charge in [-0.2, -0.15) is 13.2 Å². The molecule has 1 aliphatic rings. The van der Waals surface area contributed by atoms with Gasteiger partial charge in [0, 0.05) is 32.5 Å². The second-order valence-electron chi connectivity index (χ2n) is 5.32. The Morgan fingerprint density at radius 1 is 0.957 bits per heavy atom. The number of hydrogen-bond donors (Lipinski definition) is 1. The Balaban J connectivity index is 2.12. The lowest BCUT2D eigenvalue weighted by atomic mass is 9.85. The fraction of sp³-hybridized carbons (Fsp3) is 0.118. The number of hydrogen-bond acceptors (Lipinski definition) is 3. The standard InChI is InChI=1S/C17H10F3NOS/c18-17(19,20)16(22)11-6-2-4-8-14(11)23-15-10-5-1-3-7-13(10)21-9-12(15)16/h1-9,22H. The topological polar surface area (TPSA) is 33.1 Å². The number of rotatable bonds is 0. The first kappa shape index (κ1) is 14.5. The van der Waals surface area contributed by atoms with E-state index in [1.54, 1.807) is 36.4 Å². The molecule has 1 aromatic heterocycles. The van der Waals surface area contributed by atoms with Crippen molar-refractivity contribution in [3.8, 4) is 0 Å². The monoisotopic (exact) mass is 333 g/mol. The van der Waals surface area contributed by atoms with Crippen LogP contribution in [0.15, 0.2) is 64.5 Å². The SMILES string of the molecule is OC1(C(F)(F)F)c2ccccc2Sc2c1cnc1ccccc21. The summed E-state index contributed by atoms with van der Waals surface area (Å²) in [6.45, 7) is 0. The minimum Gasteiger partial charge on any atom is -0.372 e. The van der Waals surface area contributed by atoms with Gasteiger partial charge in [0.15, 0.2) is 0 Å². The average molecular weight is 333 g/mol. The number of fused-ring (bicyclic) bond motifs is 4. The van der Waals surface area contributed by atoms with Crippen molar-refractivity contribution in [2.24, 2.45) is 0 Å². The maximum atomic E-state index is 13.8. The normalized spacial score (nSPS) is 20.2. The number of benzene rings is 2. The van der Waals surface area contributed by atoms with E-state index < -0.39 is 11.8 Å². The van der Waals surface area contributed by atoms with Crippen LogP contribution in [0.1, 0.15) is 11.1 Å². The van der Waals surface area contributed by atoms with Crippen molar-refractivity contribution in [3.05, 3.63) is 65.9 Å². The van der Waals surface area contributed by atoms with Crippen LogP contribution in [-0.4, -0.2) is 16.3 Å². The van der Waals surface area contributed by atoms with E-state index in [0.717, 1.165) is 6.20 Å². The van der Waals surface area contributed by atoms with E-state index in [9.17, 15) is 18.3 Å². The van der Waals surface area contributed by atoms with Crippen LogP contribution >= 0.6 is 11.8 Å². The molecule has 0 bridgehead atoms. The lowest BCUT2D eigenvalue weighted by Crippen LogP contribution is -2.45. The molecular weight excluding hydrogens is 323 g/mol. The molecule has 0 saturated carbocycles. The first-order chi connectivity index (χ1) is 10.9. The van der Waals surface area contributed by atoms with E-state index in [1.807, 2.05) is 0 Å². The summed E-state index contributed by atoms with van der Waals surface area (Å²) in [7, 11) is 0. The summed E-state index contributed by atoms with van der Waals surface area (Å²) in [6, 6.07) is 13.1. The molecular formula is C17H10F3NOS. The largest absolute Gasteiger partial charge is 0.425 e. The molecule has 1 atom stereocenters. The van der Waals surface area contributed by atoms with Gasteiger partial charge in [-0.25, -0.2) is 0 Å². The summed E-state index contributed by atoms with van der Waals surface area (Å²) in [4.78, 5) is 4.90.